The smallest absolute Gasteiger partial charge is 0.311 e. The van der Waals surface area contributed by atoms with Crippen molar-refractivity contribution in [3.63, 3.8) is 0 Å². The van der Waals surface area contributed by atoms with E-state index in [2.05, 4.69) is 0 Å². The zero-order valence-electron chi connectivity index (χ0n) is 15.1. The number of rotatable bonds is 9. The normalized spacial score (nSPS) is 13.9. The van der Waals surface area contributed by atoms with E-state index >= 15 is 0 Å². The van der Waals surface area contributed by atoms with E-state index in [1.54, 1.807) is 6.92 Å². The van der Waals surface area contributed by atoms with Crippen LogP contribution < -0.4 is 5.73 Å². The second-order valence-corrected chi connectivity index (χ2v) is 6.69. The van der Waals surface area contributed by atoms with Crippen molar-refractivity contribution in [2.75, 3.05) is 13.2 Å². The lowest BCUT2D eigenvalue weighted by Crippen LogP contribution is -2.28. The maximum absolute atomic E-state index is 12.0. The van der Waals surface area contributed by atoms with Gasteiger partial charge < -0.3 is 15.2 Å². The highest BCUT2D eigenvalue weighted by Gasteiger charge is 2.27. The number of hydrogen-bond acceptors (Lipinski definition) is 5. The van der Waals surface area contributed by atoms with Crippen LogP contribution in [0.25, 0.3) is 0 Å². The van der Waals surface area contributed by atoms with E-state index in [-0.39, 0.29) is 37.1 Å². The van der Waals surface area contributed by atoms with Crippen molar-refractivity contribution in [3.8, 4) is 0 Å². The summed E-state index contributed by atoms with van der Waals surface area (Å²) in [7, 11) is 0. The maximum atomic E-state index is 12.0. The van der Waals surface area contributed by atoms with E-state index in [1.165, 1.54) is 0 Å². The molecule has 0 heterocycles. The molecule has 1 aromatic rings. The summed E-state index contributed by atoms with van der Waals surface area (Å²) in [5, 5.41) is 0. The molecule has 0 aliphatic carbocycles. The Morgan fingerprint density at radius 2 is 1.71 bits per heavy atom. The molecule has 1 aromatic carbocycles. The molecule has 5 nitrogen and oxygen atoms in total. The molecule has 0 saturated heterocycles. The lowest BCUT2D eigenvalue weighted by atomic mass is 9.91. The SMILES string of the molecule is CCC(C)(C)C(=O)OCCOC(=O)C(C)CC(N)c1ccccc1. The second-order valence-electron chi connectivity index (χ2n) is 6.69. The van der Waals surface area contributed by atoms with Gasteiger partial charge in [0.2, 0.25) is 0 Å². The van der Waals surface area contributed by atoms with Gasteiger partial charge in [-0.3, -0.25) is 9.59 Å². The Morgan fingerprint density at radius 3 is 2.29 bits per heavy atom. The first-order valence-corrected chi connectivity index (χ1v) is 8.42. The molecule has 0 spiro atoms. The number of esters is 2. The Bertz CT molecular complexity index is 527. The summed E-state index contributed by atoms with van der Waals surface area (Å²) < 4.78 is 10.3. The molecule has 134 valence electrons. The summed E-state index contributed by atoms with van der Waals surface area (Å²) in [5.41, 5.74) is 6.59. The quantitative estimate of drug-likeness (QED) is 0.553. The van der Waals surface area contributed by atoms with Crippen molar-refractivity contribution in [3.05, 3.63) is 35.9 Å². The molecular formula is C19H29NO4. The van der Waals surface area contributed by atoms with Crippen LogP contribution in [0.5, 0.6) is 0 Å². The van der Waals surface area contributed by atoms with Crippen LogP contribution in [0.1, 0.15) is 52.1 Å². The number of carbonyl (C=O) groups is 2. The van der Waals surface area contributed by atoms with Gasteiger partial charge in [-0.05, 0) is 32.3 Å². The van der Waals surface area contributed by atoms with E-state index in [0.29, 0.717) is 12.8 Å². The summed E-state index contributed by atoms with van der Waals surface area (Å²) in [5.74, 6) is -0.921. The van der Waals surface area contributed by atoms with Crippen molar-refractivity contribution in [2.45, 2.75) is 46.6 Å². The van der Waals surface area contributed by atoms with Crippen LogP contribution in [0, 0.1) is 11.3 Å². The van der Waals surface area contributed by atoms with Gasteiger partial charge in [-0.1, -0.05) is 44.2 Å². The Labute approximate surface area is 144 Å². The monoisotopic (exact) mass is 335 g/mol. The molecule has 1 rings (SSSR count). The third-order valence-electron chi connectivity index (χ3n) is 4.23. The van der Waals surface area contributed by atoms with Crippen LogP contribution in [0.2, 0.25) is 0 Å². The van der Waals surface area contributed by atoms with Gasteiger partial charge in [0.25, 0.3) is 0 Å². The first-order chi connectivity index (χ1) is 11.3. The molecule has 0 aliphatic rings. The summed E-state index contributed by atoms with van der Waals surface area (Å²) >= 11 is 0. The largest absolute Gasteiger partial charge is 0.462 e. The minimum absolute atomic E-state index is 0.0648. The van der Waals surface area contributed by atoms with E-state index < -0.39 is 5.41 Å². The number of carbonyl (C=O) groups excluding carboxylic acids is 2. The van der Waals surface area contributed by atoms with Gasteiger partial charge in [0.15, 0.2) is 0 Å². The molecule has 2 unspecified atom stereocenters. The van der Waals surface area contributed by atoms with Gasteiger partial charge in [-0.15, -0.1) is 0 Å². The maximum Gasteiger partial charge on any atom is 0.311 e. The van der Waals surface area contributed by atoms with Crippen LogP contribution in [0.3, 0.4) is 0 Å². The van der Waals surface area contributed by atoms with Gasteiger partial charge in [0, 0.05) is 6.04 Å². The van der Waals surface area contributed by atoms with Crippen molar-refractivity contribution in [1.29, 1.82) is 0 Å². The third-order valence-corrected chi connectivity index (χ3v) is 4.23. The molecular weight excluding hydrogens is 306 g/mol. The molecule has 0 aromatic heterocycles. The topological polar surface area (TPSA) is 78.6 Å². The number of hydrogen-bond donors (Lipinski definition) is 1. The number of nitrogens with two attached hydrogens (primary N) is 1. The Kier molecular flexibility index (Phi) is 7.92. The Morgan fingerprint density at radius 1 is 1.12 bits per heavy atom. The summed E-state index contributed by atoms with van der Waals surface area (Å²) in [6.07, 6.45) is 1.20. The lowest BCUT2D eigenvalue weighted by Gasteiger charge is -2.20. The highest BCUT2D eigenvalue weighted by atomic mass is 16.6. The molecule has 0 amide bonds. The molecule has 2 N–H and O–H groups in total. The Balaban J connectivity index is 2.31. The van der Waals surface area contributed by atoms with Gasteiger partial charge >= 0.3 is 11.9 Å². The highest BCUT2D eigenvalue weighted by molar-refractivity contribution is 5.75. The van der Waals surface area contributed by atoms with Gasteiger partial charge in [-0.2, -0.15) is 0 Å². The lowest BCUT2D eigenvalue weighted by molar-refractivity contribution is -0.160. The predicted molar refractivity (Wildman–Crippen MR) is 93.1 cm³/mol. The molecule has 0 fully saturated rings. The van der Waals surface area contributed by atoms with E-state index in [1.807, 2.05) is 51.1 Å². The molecule has 2 atom stereocenters. The fraction of sp³-hybridized carbons (Fsp3) is 0.579. The van der Waals surface area contributed by atoms with Gasteiger partial charge in [-0.25, -0.2) is 0 Å². The number of benzene rings is 1. The standard InChI is InChI=1S/C19H29NO4/c1-5-19(3,4)18(22)24-12-11-23-17(21)14(2)13-16(20)15-9-7-6-8-10-15/h6-10,14,16H,5,11-13,20H2,1-4H3. The fourth-order valence-electron chi connectivity index (χ4n) is 2.07. The van der Waals surface area contributed by atoms with Crippen molar-refractivity contribution >= 4 is 11.9 Å². The van der Waals surface area contributed by atoms with Crippen molar-refractivity contribution in [2.24, 2.45) is 17.1 Å². The second kappa shape index (κ2) is 9.42. The van der Waals surface area contributed by atoms with E-state index in [4.69, 9.17) is 15.2 Å². The van der Waals surface area contributed by atoms with E-state index in [0.717, 1.165) is 5.56 Å². The molecule has 0 aliphatic heterocycles. The van der Waals surface area contributed by atoms with Crippen molar-refractivity contribution in [1.82, 2.24) is 0 Å². The average molecular weight is 335 g/mol. The van der Waals surface area contributed by atoms with Gasteiger partial charge in [0.1, 0.15) is 13.2 Å². The summed E-state index contributed by atoms with van der Waals surface area (Å²) in [6.45, 7) is 7.51. The molecule has 5 heteroatoms. The zero-order valence-corrected chi connectivity index (χ0v) is 15.1. The molecule has 24 heavy (non-hydrogen) atoms. The first-order valence-electron chi connectivity index (χ1n) is 8.42. The minimum atomic E-state index is -0.514. The first kappa shape index (κ1) is 20.2. The van der Waals surface area contributed by atoms with Crippen LogP contribution >= 0.6 is 0 Å². The molecule has 0 saturated carbocycles. The fourth-order valence-corrected chi connectivity index (χ4v) is 2.07. The summed E-state index contributed by atoms with van der Waals surface area (Å²) in [6, 6.07) is 9.44. The Hall–Kier alpha value is -1.88. The number of ether oxygens (including phenoxy) is 2. The molecule has 0 radical (unpaired) electrons. The zero-order chi connectivity index (χ0) is 18.2. The molecule has 0 bridgehead atoms. The highest BCUT2D eigenvalue weighted by Crippen LogP contribution is 2.21. The third kappa shape index (κ3) is 6.32. The van der Waals surface area contributed by atoms with Crippen LogP contribution in [0.15, 0.2) is 30.3 Å². The van der Waals surface area contributed by atoms with Crippen LogP contribution in [0.4, 0.5) is 0 Å². The van der Waals surface area contributed by atoms with E-state index in [9.17, 15) is 9.59 Å². The minimum Gasteiger partial charge on any atom is -0.462 e. The van der Waals surface area contributed by atoms with Gasteiger partial charge in [0.05, 0.1) is 11.3 Å². The predicted octanol–water partition coefficient (Wildman–Crippen LogP) is 3.24. The van der Waals surface area contributed by atoms with Crippen molar-refractivity contribution < 1.29 is 19.1 Å². The van der Waals surface area contributed by atoms with Crippen LogP contribution in [-0.4, -0.2) is 25.2 Å². The van der Waals surface area contributed by atoms with Crippen LogP contribution in [-0.2, 0) is 19.1 Å². The summed E-state index contributed by atoms with van der Waals surface area (Å²) in [4.78, 5) is 23.8. The average Bonchev–Trinajstić information content (AvgIpc) is 2.58.